The predicted molar refractivity (Wildman–Crippen MR) is 80.3 cm³/mol. The molecule has 21 heavy (non-hydrogen) atoms. The molecule has 0 spiro atoms. The molecular formula is C15H20N2O3S. The van der Waals surface area contributed by atoms with E-state index < -0.39 is 11.4 Å². The molecule has 6 heteroatoms. The van der Waals surface area contributed by atoms with E-state index in [1.165, 1.54) is 7.11 Å². The summed E-state index contributed by atoms with van der Waals surface area (Å²) in [7, 11) is 1.33. The maximum atomic E-state index is 11.8. The number of ether oxygens (including phenoxy) is 1. The highest BCUT2D eigenvalue weighted by Gasteiger charge is 2.43. The Kier molecular flexibility index (Phi) is 4.98. The summed E-state index contributed by atoms with van der Waals surface area (Å²) in [4.78, 5) is 32.3. The lowest BCUT2D eigenvalue weighted by Crippen LogP contribution is -2.37. The van der Waals surface area contributed by atoms with Crippen molar-refractivity contribution in [2.75, 3.05) is 13.4 Å². The molecule has 1 aliphatic carbocycles. The molecule has 1 saturated carbocycles. The second-order valence-corrected chi connectivity index (χ2v) is 6.28. The molecule has 2 rings (SSSR count). The van der Waals surface area contributed by atoms with Crippen molar-refractivity contribution in [1.82, 2.24) is 9.97 Å². The molecule has 1 aromatic heterocycles. The minimum absolute atomic E-state index is 0.202. The molecule has 114 valence electrons. The lowest BCUT2D eigenvalue weighted by atomic mass is 9.71. The van der Waals surface area contributed by atoms with Crippen LogP contribution in [0, 0.1) is 12.3 Å². The number of methoxy groups -OCH3 is 1. The molecule has 0 atom stereocenters. The highest BCUT2D eigenvalue weighted by molar-refractivity contribution is 7.98. The van der Waals surface area contributed by atoms with Crippen molar-refractivity contribution in [2.45, 2.75) is 43.6 Å². The second-order valence-electron chi connectivity index (χ2n) is 5.45. The number of aldehydes is 1. The first-order valence-corrected chi connectivity index (χ1v) is 8.21. The first-order chi connectivity index (χ1) is 10.0. The van der Waals surface area contributed by atoms with Gasteiger partial charge in [0.25, 0.3) is 0 Å². The van der Waals surface area contributed by atoms with E-state index in [0.29, 0.717) is 12.8 Å². The fraction of sp³-hybridized carbons (Fsp3) is 0.600. The fourth-order valence-corrected chi connectivity index (χ4v) is 3.29. The zero-order valence-corrected chi connectivity index (χ0v) is 13.4. The van der Waals surface area contributed by atoms with Gasteiger partial charge in [-0.2, -0.15) is 0 Å². The quantitative estimate of drug-likeness (QED) is 0.280. The van der Waals surface area contributed by atoms with Gasteiger partial charge >= 0.3 is 5.97 Å². The number of rotatable bonds is 4. The van der Waals surface area contributed by atoms with E-state index in [0.717, 1.165) is 35.7 Å². The Morgan fingerprint density at radius 3 is 2.62 bits per heavy atom. The zero-order valence-electron chi connectivity index (χ0n) is 12.6. The first kappa shape index (κ1) is 15.9. The van der Waals surface area contributed by atoms with Crippen LogP contribution in [-0.4, -0.2) is 35.6 Å². The van der Waals surface area contributed by atoms with Gasteiger partial charge in [-0.05, 0) is 44.9 Å². The lowest BCUT2D eigenvalue weighted by Gasteiger charge is -2.33. The van der Waals surface area contributed by atoms with Crippen molar-refractivity contribution in [1.29, 1.82) is 0 Å². The largest absolute Gasteiger partial charge is 0.468 e. The van der Waals surface area contributed by atoms with E-state index in [-0.39, 0.29) is 5.92 Å². The molecule has 0 amide bonds. The van der Waals surface area contributed by atoms with Gasteiger partial charge < -0.3 is 9.53 Å². The molecule has 0 N–H and O–H groups in total. The third kappa shape index (κ3) is 3.26. The third-order valence-corrected chi connectivity index (χ3v) is 4.75. The highest BCUT2D eigenvalue weighted by atomic mass is 32.2. The SMILES string of the molecule is COC(=O)C1(C=O)CCC(c2nc(C)cc(SC)n2)CC1. The molecule has 1 heterocycles. The number of nitrogens with zero attached hydrogens (tertiary/aromatic N) is 2. The van der Waals surface area contributed by atoms with Crippen LogP contribution in [0.3, 0.4) is 0 Å². The Bertz CT molecular complexity index is 540. The van der Waals surface area contributed by atoms with Gasteiger partial charge in [0.1, 0.15) is 17.5 Å². The number of esters is 1. The minimum atomic E-state index is -0.975. The van der Waals surface area contributed by atoms with Crippen LogP contribution in [0.5, 0.6) is 0 Å². The first-order valence-electron chi connectivity index (χ1n) is 6.99. The summed E-state index contributed by atoms with van der Waals surface area (Å²) in [5, 5.41) is 0.956. The second kappa shape index (κ2) is 6.56. The van der Waals surface area contributed by atoms with Gasteiger partial charge in [0.15, 0.2) is 0 Å². The molecule has 0 unspecified atom stereocenters. The van der Waals surface area contributed by atoms with E-state index >= 15 is 0 Å². The van der Waals surface area contributed by atoms with Crippen LogP contribution < -0.4 is 0 Å². The zero-order chi connectivity index (χ0) is 15.5. The van der Waals surface area contributed by atoms with Crippen molar-refractivity contribution < 1.29 is 14.3 Å². The number of aromatic nitrogens is 2. The van der Waals surface area contributed by atoms with Gasteiger partial charge in [0, 0.05) is 11.6 Å². The number of thioether (sulfide) groups is 1. The maximum Gasteiger partial charge on any atom is 0.319 e. The standard InChI is InChI=1S/C15H20N2O3S/c1-10-8-12(21-3)17-13(16-10)11-4-6-15(9-18,7-5-11)14(19)20-2/h8-9,11H,4-7H2,1-3H3. The summed E-state index contributed by atoms with van der Waals surface area (Å²) < 4.78 is 4.78. The molecule has 1 aliphatic rings. The van der Waals surface area contributed by atoms with Gasteiger partial charge in [0.05, 0.1) is 12.1 Å². The normalized spacial score (nSPS) is 25.4. The van der Waals surface area contributed by atoms with Crippen molar-refractivity contribution >= 4 is 24.0 Å². The van der Waals surface area contributed by atoms with Gasteiger partial charge in [-0.1, -0.05) is 0 Å². The topological polar surface area (TPSA) is 69.2 Å². The summed E-state index contributed by atoms with van der Waals surface area (Å²) >= 11 is 1.59. The molecule has 0 aromatic carbocycles. The molecule has 1 fully saturated rings. The smallest absolute Gasteiger partial charge is 0.319 e. The summed E-state index contributed by atoms with van der Waals surface area (Å²) in [6.07, 6.45) is 5.19. The Labute approximate surface area is 128 Å². The van der Waals surface area contributed by atoms with Crippen LogP contribution in [0.25, 0.3) is 0 Å². The number of aryl methyl sites for hydroxylation is 1. The van der Waals surface area contributed by atoms with E-state index in [1.807, 2.05) is 19.2 Å². The summed E-state index contributed by atoms with van der Waals surface area (Å²) in [6.45, 7) is 1.96. The fourth-order valence-electron chi connectivity index (χ4n) is 2.81. The van der Waals surface area contributed by atoms with E-state index in [9.17, 15) is 9.59 Å². The van der Waals surface area contributed by atoms with Gasteiger partial charge in [0.2, 0.25) is 0 Å². The Hall–Kier alpha value is -1.43. The van der Waals surface area contributed by atoms with Crippen molar-refractivity contribution in [3.05, 3.63) is 17.6 Å². The van der Waals surface area contributed by atoms with Gasteiger partial charge in [-0.15, -0.1) is 11.8 Å². The monoisotopic (exact) mass is 308 g/mol. The van der Waals surface area contributed by atoms with Crippen LogP contribution >= 0.6 is 11.8 Å². The van der Waals surface area contributed by atoms with Crippen molar-refractivity contribution in [3.8, 4) is 0 Å². The number of carbonyl (C=O) groups is 2. The van der Waals surface area contributed by atoms with Crippen LogP contribution in [0.2, 0.25) is 0 Å². The van der Waals surface area contributed by atoms with Crippen LogP contribution in [0.4, 0.5) is 0 Å². The molecule has 0 radical (unpaired) electrons. The highest BCUT2D eigenvalue weighted by Crippen LogP contribution is 2.42. The van der Waals surface area contributed by atoms with Crippen LogP contribution in [-0.2, 0) is 14.3 Å². The van der Waals surface area contributed by atoms with Crippen molar-refractivity contribution in [2.24, 2.45) is 5.41 Å². The van der Waals surface area contributed by atoms with E-state index in [4.69, 9.17) is 4.74 Å². The summed E-state index contributed by atoms with van der Waals surface area (Å²) in [6, 6.07) is 1.96. The lowest BCUT2D eigenvalue weighted by molar-refractivity contribution is -0.156. The molecule has 1 aromatic rings. The molecule has 5 nitrogen and oxygen atoms in total. The molecular weight excluding hydrogens is 288 g/mol. The summed E-state index contributed by atoms with van der Waals surface area (Å²) in [5.41, 5.74) is -0.0261. The van der Waals surface area contributed by atoms with Gasteiger partial charge in [-0.3, -0.25) is 4.79 Å². The Morgan fingerprint density at radius 2 is 2.10 bits per heavy atom. The van der Waals surface area contributed by atoms with Crippen molar-refractivity contribution in [3.63, 3.8) is 0 Å². The Morgan fingerprint density at radius 1 is 1.43 bits per heavy atom. The third-order valence-electron chi connectivity index (χ3n) is 4.12. The van der Waals surface area contributed by atoms with Crippen LogP contribution in [0.15, 0.2) is 11.1 Å². The Balaban J connectivity index is 2.15. The van der Waals surface area contributed by atoms with E-state index in [2.05, 4.69) is 9.97 Å². The number of carbonyl (C=O) groups excluding carboxylic acids is 2. The average Bonchev–Trinajstić information content (AvgIpc) is 2.53. The predicted octanol–water partition coefficient (Wildman–Crippen LogP) is 2.52. The van der Waals surface area contributed by atoms with Crippen LogP contribution in [0.1, 0.15) is 43.1 Å². The summed E-state index contributed by atoms with van der Waals surface area (Å²) in [5.74, 6) is 0.600. The van der Waals surface area contributed by atoms with Gasteiger partial charge in [-0.25, -0.2) is 9.97 Å². The number of hydrogen-bond acceptors (Lipinski definition) is 6. The van der Waals surface area contributed by atoms with E-state index in [1.54, 1.807) is 11.8 Å². The molecule has 0 saturated heterocycles. The minimum Gasteiger partial charge on any atom is -0.468 e. The molecule has 0 aliphatic heterocycles. The average molecular weight is 308 g/mol. The maximum absolute atomic E-state index is 11.8. The number of hydrogen-bond donors (Lipinski definition) is 0. The molecule has 0 bridgehead atoms.